The molecule has 0 radical (unpaired) electrons. The molecular weight excluding hydrogens is 264 g/mol. The maximum atomic E-state index is 4.51. The molecule has 0 spiro atoms. The molecule has 0 saturated heterocycles. The fourth-order valence-electron chi connectivity index (χ4n) is 3.12. The summed E-state index contributed by atoms with van der Waals surface area (Å²) in [6, 6.07) is 9.66. The van der Waals surface area contributed by atoms with Gasteiger partial charge in [-0.2, -0.15) is 0 Å². The lowest BCUT2D eigenvalue weighted by Crippen LogP contribution is -2.28. The fraction of sp³-hybridized carbons (Fsp3) is 0.471. The lowest BCUT2D eigenvalue weighted by molar-refractivity contribution is 0.395. The van der Waals surface area contributed by atoms with Crippen LogP contribution in [-0.2, 0) is 0 Å². The van der Waals surface area contributed by atoms with E-state index < -0.39 is 0 Å². The predicted molar refractivity (Wildman–Crippen MR) is 85.2 cm³/mol. The smallest absolute Gasteiger partial charge is 0.109 e. The van der Waals surface area contributed by atoms with Crippen LogP contribution in [0.25, 0.3) is 0 Å². The number of thiazole rings is 1. The molecule has 2 nitrogen and oxygen atoms in total. The van der Waals surface area contributed by atoms with Crippen LogP contribution in [0.4, 0.5) is 0 Å². The Kier molecular flexibility index (Phi) is 3.90. The number of aromatic nitrogens is 1. The fourth-order valence-corrected chi connectivity index (χ4v) is 3.91. The van der Waals surface area contributed by atoms with Gasteiger partial charge in [0.25, 0.3) is 0 Å². The second kappa shape index (κ2) is 5.66. The SMILES string of the molecule is Cc1cnc(C(C)NC2CCC(C)c3ccccc32)s1. The van der Waals surface area contributed by atoms with Gasteiger partial charge < -0.3 is 5.32 Å². The summed E-state index contributed by atoms with van der Waals surface area (Å²) in [7, 11) is 0. The number of hydrogen-bond acceptors (Lipinski definition) is 3. The summed E-state index contributed by atoms with van der Waals surface area (Å²) in [5, 5.41) is 4.97. The van der Waals surface area contributed by atoms with Gasteiger partial charge >= 0.3 is 0 Å². The van der Waals surface area contributed by atoms with Crippen LogP contribution in [0.3, 0.4) is 0 Å². The molecule has 3 atom stereocenters. The van der Waals surface area contributed by atoms with Crippen molar-refractivity contribution in [2.24, 2.45) is 0 Å². The van der Waals surface area contributed by atoms with Crippen LogP contribution < -0.4 is 5.32 Å². The Morgan fingerprint density at radius 1 is 1.25 bits per heavy atom. The minimum absolute atomic E-state index is 0.320. The van der Waals surface area contributed by atoms with E-state index >= 15 is 0 Å². The average molecular weight is 286 g/mol. The summed E-state index contributed by atoms with van der Waals surface area (Å²) >= 11 is 1.79. The predicted octanol–water partition coefficient (Wildman–Crippen LogP) is 4.74. The topological polar surface area (TPSA) is 24.9 Å². The van der Waals surface area contributed by atoms with Gasteiger partial charge in [-0.25, -0.2) is 4.98 Å². The van der Waals surface area contributed by atoms with Gasteiger partial charge in [0.05, 0.1) is 6.04 Å². The summed E-state index contributed by atoms with van der Waals surface area (Å²) in [6.45, 7) is 6.67. The van der Waals surface area contributed by atoms with Crippen molar-refractivity contribution in [3.63, 3.8) is 0 Å². The van der Waals surface area contributed by atoms with Crippen molar-refractivity contribution in [2.75, 3.05) is 0 Å². The molecule has 1 aromatic carbocycles. The zero-order valence-corrected chi connectivity index (χ0v) is 13.2. The molecule has 3 unspecified atom stereocenters. The molecule has 3 rings (SSSR count). The summed E-state index contributed by atoms with van der Waals surface area (Å²) in [5.41, 5.74) is 2.99. The Morgan fingerprint density at radius 2 is 2.00 bits per heavy atom. The number of nitrogens with one attached hydrogen (secondary N) is 1. The van der Waals surface area contributed by atoms with Crippen LogP contribution >= 0.6 is 11.3 Å². The summed E-state index contributed by atoms with van der Waals surface area (Å²) in [6.07, 6.45) is 4.44. The molecule has 0 amide bonds. The number of benzene rings is 1. The molecule has 3 heteroatoms. The third kappa shape index (κ3) is 2.65. The van der Waals surface area contributed by atoms with Crippen molar-refractivity contribution in [3.05, 3.63) is 51.5 Å². The monoisotopic (exact) mass is 286 g/mol. The van der Waals surface area contributed by atoms with E-state index in [4.69, 9.17) is 0 Å². The second-order valence-corrected chi connectivity index (χ2v) is 7.12. The van der Waals surface area contributed by atoms with E-state index in [-0.39, 0.29) is 0 Å². The van der Waals surface area contributed by atoms with Gasteiger partial charge in [0.1, 0.15) is 5.01 Å². The Labute approximate surface area is 125 Å². The van der Waals surface area contributed by atoms with Gasteiger partial charge in [-0.15, -0.1) is 11.3 Å². The van der Waals surface area contributed by atoms with Crippen molar-refractivity contribution in [3.8, 4) is 0 Å². The van der Waals surface area contributed by atoms with Crippen molar-refractivity contribution in [2.45, 2.75) is 51.6 Å². The molecule has 1 heterocycles. The first-order chi connectivity index (χ1) is 9.65. The maximum Gasteiger partial charge on any atom is 0.109 e. The third-order valence-corrected chi connectivity index (χ3v) is 5.35. The largest absolute Gasteiger partial charge is 0.301 e. The molecule has 0 fully saturated rings. The molecule has 0 bridgehead atoms. The highest BCUT2D eigenvalue weighted by atomic mass is 32.1. The van der Waals surface area contributed by atoms with E-state index in [2.05, 4.69) is 55.3 Å². The zero-order chi connectivity index (χ0) is 14.1. The van der Waals surface area contributed by atoms with Crippen LogP contribution in [0.2, 0.25) is 0 Å². The van der Waals surface area contributed by atoms with Gasteiger partial charge in [-0.3, -0.25) is 0 Å². The number of nitrogens with zero attached hydrogens (tertiary/aromatic N) is 1. The molecule has 1 aliphatic carbocycles. The molecule has 0 saturated carbocycles. The van der Waals surface area contributed by atoms with E-state index in [0.717, 1.165) is 0 Å². The van der Waals surface area contributed by atoms with Gasteiger partial charge in [0.15, 0.2) is 0 Å². The normalized spacial score (nSPS) is 23.4. The second-order valence-electron chi connectivity index (χ2n) is 5.86. The standard InChI is InChI=1S/C17H22N2S/c1-11-8-9-16(15-7-5-4-6-14(11)15)19-13(3)17-18-10-12(2)20-17/h4-7,10-11,13,16,19H,8-9H2,1-3H3. The maximum absolute atomic E-state index is 4.51. The highest BCUT2D eigenvalue weighted by Crippen LogP contribution is 2.38. The summed E-state index contributed by atoms with van der Waals surface area (Å²) in [4.78, 5) is 5.79. The number of rotatable bonds is 3. The summed E-state index contributed by atoms with van der Waals surface area (Å²) < 4.78 is 0. The summed E-state index contributed by atoms with van der Waals surface area (Å²) in [5.74, 6) is 0.682. The Hall–Kier alpha value is -1.19. The highest BCUT2D eigenvalue weighted by molar-refractivity contribution is 7.11. The van der Waals surface area contributed by atoms with Crippen LogP contribution in [0.5, 0.6) is 0 Å². The molecule has 106 valence electrons. The van der Waals surface area contributed by atoms with E-state index in [9.17, 15) is 0 Å². The molecule has 0 aliphatic heterocycles. The quantitative estimate of drug-likeness (QED) is 0.881. The highest BCUT2D eigenvalue weighted by Gasteiger charge is 2.25. The van der Waals surface area contributed by atoms with Gasteiger partial charge in [0, 0.05) is 17.1 Å². The first-order valence-electron chi connectivity index (χ1n) is 7.42. The van der Waals surface area contributed by atoms with E-state index in [1.807, 2.05) is 6.20 Å². The van der Waals surface area contributed by atoms with Crippen molar-refractivity contribution < 1.29 is 0 Å². The molecule has 1 N–H and O–H groups in total. The average Bonchev–Trinajstić information content (AvgIpc) is 2.89. The lowest BCUT2D eigenvalue weighted by atomic mass is 9.81. The zero-order valence-electron chi connectivity index (χ0n) is 12.4. The number of fused-ring (bicyclic) bond motifs is 1. The Bertz CT molecular complexity index is 590. The molecule has 1 aromatic heterocycles. The van der Waals surface area contributed by atoms with Crippen LogP contribution in [0, 0.1) is 6.92 Å². The van der Waals surface area contributed by atoms with Gasteiger partial charge in [0.2, 0.25) is 0 Å². The van der Waals surface area contributed by atoms with Gasteiger partial charge in [-0.05, 0) is 43.7 Å². The first-order valence-corrected chi connectivity index (χ1v) is 8.24. The van der Waals surface area contributed by atoms with Gasteiger partial charge in [-0.1, -0.05) is 31.2 Å². The molecule has 2 aromatic rings. The molecule has 20 heavy (non-hydrogen) atoms. The van der Waals surface area contributed by atoms with Crippen LogP contribution in [0.15, 0.2) is 30.5 Å². The van der Waals surface area contributed by atoms with E-state index in [1.54, 1.807) is 11.3 Å². The minimum atomic E-state index is 0.320. The minimum Gasteiger partial charge on any atom is -0.301 e. The number of hydrogen-bond donors (Lipinski definition) is 1. The number of aryl methyl sites for hydroxylation is 1. The molecule has 1 aliphatic rings. The molecular formula is C17H22N2S. The van der Waals surface area contributed by atoms with Crippen molar-refractivity contribution in [1.82, 2.24) is 10.3 Å². The third-order valence-electron chi connectivity index (χ3n) is 4.25. The van der Waals surface area contributed by atoms with Crippen LogP contribution in [-0.4, -0.2) is 4.98 Å². The Morgan fingerprint density at radius 3 is 2.70 bits per heavy atom. The van der Waals surface area contributed by atoms with Crippen LogP contribution in [0.1, 0.15) is 65.7 Å². The van der Waals surface area contributed by atoms with Crippen molar-refractivity contribution in [1.29, 1.82) is 0 Å². The van der Waals surface area contributed by atoms with E-state index in [1.165, 1.54) is 33.9 Å². The first kappa shape index (κ1) is 13.8. The Balaban J connectivity index is 1.80. The lowest BCUT2D eigenvalue weighted by Gasteiger charge is -2.32. The van der Waals surface area contributed by atoms with Crippen molar-refractivity contribution >= 4 is 11.3 Å². The van der Waals surface area contributed by atoms with E-state index in [0.29, 0.717) is 18.0 Å².